The number of rotatable bonds is 3. The van der Waals surface area contributed by atoms with Crippen molar-refractivity contribution in [2.75, 3.05) is 5.32 Å². The van der Waals surface area contributed by atoms with Crippen LogP contribution in [0.3, 0.4) is 0 Å². The van der Waals surface area contributed by atoms with Gasteiger partial charge in [-0.1, -0.05) is 45.7 Å². The van der Waals surface area contributed by atoms with Gasteiger partial charge in [0, 0.05) is 21.2 Å². The largest absolute Gasteiger partial charge is 0.378 e. The van der Waals surface area contributed by atoms with E-state index in [1.54, 1.807) is 0 Å². The average molecular weight is 325 g/mol. The number of hydrogen-bond acceptors (Lipinski definition) is 1. The molecule has 0 radical (unpaired) electrons. The molecule has 0 aliphatic rings. The van der Waals surface area contributed by atoms with E-state index in [1.165, 1.54) is 5.56 Å². The fraction of sp³-hybridized carbons (Fsp3) is 0.200. The summed E-state index contributed by atoms with van der Waals surface area (Å²) in [6, 6.07) is 14.3. The quantitative estimate of drug-likeness (QED) is 0.776. The van der Waals surface area contributed by atoms with Crippen molar-refractivity contribution >= 4 is 33.2 Å². The van der Waals surface area contributed by atoms with Crippen LogP contribution >= 0.6 is 27.5 Å². The topological polar surface area (TPSA) is 12.0 Å². The van der Waals surface area contributed by atoms with Crippen LogP contribution in [-0.2, 0) is 0 Å². The molecule has 0 spiro atoms. The minimum atomic E-state index is 0.180. The van der Waals surface area contributed by atoms with E-state index in [-0.39, 0.29) is 6.04 Å². The average Bonchev–Trinajstić information content (AvgIpc) is 2.34. The van der Waals surface area contributed by atoms with Gasteiger partial charge in [-0.3, -0.25) is 0 Å². The summed E-state index contributed by atoms with van der Waals surface area (Å²) in [5, 5.41) is 4.26. The van der Waals surface area contributed by atoms with Crippen molar-refractivity contribution in [3.63, 3.8) is 0 Å². The van der Waals surface area contributed by atoms with Crippen LogP contribution in [-0.4, -0.2) is 0 Å². The summed E-state index contributed by atoms with van der Waals surface area (Å²) in [6.07, 6.45) is 0. The van der Waals surface area contributed by atoms with Crippen molar-refractivity contribution in [1.29, 1.82) is 0 Å². The van der Waals surface area contributed by atoms with Crippen LogP contribution in [0.25, 0.3) is 0 Å². The lowest BCUT2D eigenvalue weighted by atomic mass is 10.1. The monoisotopic (exact) mass is 323 g/mol. The lowest BCUT2D eigenvalue weighted by Crippen LogP contribution is -2.07. The Kier molecular flexibility index (Phi) is 4.31. The molecule has 1 N–H and O–H groups in total. The fourth-order valence-corrected chi connectivity index (χ4v) is 2.43. The zero-order valence-electron chi connectivity index (χ0n) is 10.4. The normalized spacial score (nSPS) is 12.2. The molecule has 1 nitrogen and oxygen atoms in total. The molecule has 0 saturated heterocycles. The highest BCUT2D eigenvalue weighted by Crippen LogP contribution is 2.27. The Morgan fingerprint density at radius 3 is 2.56 bits per heavy atom. The molecule has 0 amide bonds. The predicted octanol–water partition coefficient (Wildman–Crippen LogP) is 5.58. The molecule has 94 valence electrons. The SMILES string of the molecule is Cc1cc(NC(C)c2ccccc2Cl)ccc1Br. The molecule has 2 aromatic rings. The van der Waals surface area contributed by atoms with Crippen LogP contribution in [0, 0.1) is 6.92 Å². The van der Waals surface area contributed by atoms with Crippen LogP contribution in [0.5, 0.6) is 0 Å². The van der Waals surface area contributed by atoms with Gasteiger partial charge in [0.15, 0.2) is 0 Å². The highest BCUT2D eigenvalue weighted by molar-refractivity contribution is 9.10. The summed E-state index contributed by atoms with van der Waals surface area (Å²) in [7, 11) is 0. The van der Waals surface area contributed by atoms with E-state index in [0.717, 1.165) is 20.7 Å². The third-order valence-corrected chi connectivity index (χ3v) is 4.15. The van der Waals surface area contributed by atoms with Gasteiger partial charge in [-0.05, 0) is 49.2 Å². The molecule has 2 rings (SSSR count). The zero-order valence-corrected chi connectivity index (χ0v) is 12.7. The van der Waals surface area contributed by atoms with Crippen LogP contribution < -0.4 is 5.32 Å². The molecule has 0 aliphatic heterocycles. The van der Waals surface area contributed by atoms with E-state index in [4.69, 9.17) is 11.6 Å². The molecule has 0 bridgehead atoms. The second kappa shape index (κ2) is 5.77. The molecule has 0 aliphatic carbocycles. The molecule has 0 saturated carbocycles. The molecule has 0 heterocycles. The Bertz CT molecular complexity index is 554. The molecule has 2 aromatic carbocycles. The van der Waals surface area contributed by atoms with Gasteiger partial charge < -0.3 is 5.32 Å². The molecule has 3 heteroatoms. The molecule has 1 atom stereocenters. The number of benzene rings is 2. The lowest BCUT2D eigenvalue weighted by Gasteiger charge is -2.17. The van der Waals surface area contributed by atoms with Gasteiger partial charge in [0.05, 0.1) is 0 Å². The summed E-state index contributed by atoms with van der Waals surface area (Å²) >= 11 is 9.70. The standard InChI is InChI=1S/C15H15BrClN/c1-10-9-12(7-8-14(10)16)18-11(2)13-5-3-4-6-15(13)17/h3-9,11,18H,1-2H3. The van der Waals surface area contributed by atoms with Crippen molar-refractivity contribution in [2.24, 2.45) is 0 Å². The first-order valence-electron chi connectivity index (χ1n) is 5.85. The lowest BCUT2D eigenvalue weighted by molar-refractivity contribution is 0.884. The van der Waals surface area contributed by atoms with Crippen molar-refractivity contribution in [1.82, 2.24) is 0 Å². The Hall–Kier alpha value is -0.990. The highest BCUT2D eigenvalue weighted by Gasteiger charge is 2.09. The minimum absolute atomic E-state index is 0.180. The van der Waals surface area contributed by atoms with Crippen LogP contribution in [0.2, 0.25) is 5.02 Å². The zero-order chi connectivity index (χ0) is 13.1. The van der Waals surface area contributed by atoms with E-state index < -0.39 is 0 Å². The Balaban J connectivity index is 2.19. The molecule has 18 heavy (non-hydrogen) atoms. The van der Waals surface area contributed by atoms with Crippen molar-refractivity contribution in [2.45, 2.75) is 19.9 Å². The van der Waals surface area contributed by atoms with Crippen LogP contribution in [0.1, 0.15) is 24.1 Å². The molecular formula is C15H15BrClN. The second-order valence-electron chi connectivity index (χ2n) is 4.35. The molecular weight excluding hydrogens is 310 g/mol. The van der Waals surface area contributed by atoms with E-state index >= 15 is 0 Å². The van der Waals surface area contributed by atoms with Gasteiger partial charge in [0.2, 0.25) is 0 Å². The Morgan fingerprint density at radius 2 is 1.89 bits per heavy atom. The highest BCUT2D eigenvalue weighted by atomic mass is 79.9. The summed E-state index contributed by atoms with van der Waals surface area (Å²) in [6.45, 7) is 4.19. The summed E-state index contributed by atoms with van der Waals surface area (Å²) < 4.78 is 1.12. The Morgan fingerprint density at radius 1 is 1.17 bits per heavy atom. The van der Waals surface area contributed by atoms with Crippen molar-refractivity contribution in [3.05, 3.63) is 63.1 Å². The minimum Gasteiger partial charge on any atom is -0.378 e. The van der Waals surface area contributed by atoms with Crippen LogP contribution in [0.15, 0.2) is 46.9 Å². The van der Waals surface area contributed by atoms with Gasteiger partial charge >= 0.3 is 0 Å². The van der Waals surface area contributed by atoms with Gasteiger partial charge in [-0.25, -0.2) is 0 Å². The van der Waals surface area contributed by atoms with Crippen LogP contribution in [0.4, 0.5) is 5.69 Å². The van der Waals surface area contributed by atoms with E-state index in [2.05, 4.69) is 53.3 Å². The second-order valence-corrected chi connectivity index (χ2v) is 5.61. The molecule has 1 unspecified atom stereocenters. The van der Waals surface area contributed by atoms with E-state index in [0.29, 0.717) is 0 Å². The predicted molar refractivity (Wildman–Crippen MR) is 82.4 cm³/mol. The summed E-state index contributed by atoms with van der Waals surface area (Å²) in [4.78, 5) is 0. The number of halogens is 2. The first-order chi connectivity index (χ1) is 8.58. The molecule has 0 aromatic heterocycles. The van der Waals surface area contributed by atoms with Crippen molar-refractivity contribution in [3.8, 4) is 0 Å². The van der Waals surface area contributed by atoms with E-state index in [1.807, 2.05) is 24.3 Å². The Labute approximate surface area is 121 Å². The molecule has 0 fully saturated rings. The summed E-state index contributed by atoms with van der Waals surface area (Å²) in [5.41, 5.74) is 3.43. The fourth-order valence-electron chi connectivity index (χ4n) is 1.89. The number of anilines is 1. The van der Waals surface area contributed by atoms with Gasteiger partial charge in [-0.2, -0.15) is 0 Å². The van der Waals surface area contributed by atoms with Gasteiger partial charge in [0.25, 0.3) is 0 Å². The maximum absolute atomic E-state index is 6.19. The maximum atomic E-state index is 6.19. The third-order valence-electron chi connectivity index (χ3n) is 2.91. The summed E-state index contributed by atoms with van der Waals surface area (Å²) in [5.74, 6) is 0. The number of aryl methyl sites for hydroxylation is 1. The first kappa shape index (κ1) is 13.4. The van der Waals surface area contributed by atoms with Gasteiger partial charge in [-0.15, -0.1) is 0 Å². The van der Waals surface area contributed by atoms with Crippen molar-refractivity contribution < 1.29 is 0 Å². The van der Waals surface area contributed by atoms with Gasteiger partial charge in [0.1, 0.15) is 0 Å². The van der Waals surface area contributed by atoms with E-state index in [9.17, 15) is 0 Å². The first-order valence-corrected chi connectivity index (χ1v) is 7.02. The third kappa shape index (κ3) is 3.06. The smallest absolute Gasteiger partial charge is 0.0500 e. The number of hydrogen-bond donors (Lipinski definition) is 1. The maximum Gasteiger partial charge on any atom is 0.0500 e. The number of nitrogens with one attached hydrogen (secondary N) is 1.